The van der Waals surface area contributed by atoms with Gasteiger partial charge < -0.3 is 16.4 Å². The van der Waals surface area contributed by atoms with Gasteiger partial charge in [-0.2, -0.15) is 0 Å². The molecule has 3 rings (SSSR count). The Balaban J connectivity index is 1.53. The van der Waals surface area contributed by atoms with Crippen LogP contribution in [-0.2, 0) is 11.3 Å². The third kappa shape index (κ3) is 4.92. The summed E-state index contributed by atoms with van der Waals surface area (Å²) in [6, 6.07) is 10.9. The first-order chi connectivity index (χ1) is 13.0. The highest BCUT2D eigenvalue weighted by Crippen LogP contribution is 2.31. The van der Waals surface area contributed by atoms with Gasteiger partial charge in [0.15, 0.2) is 0 Å². The number of nitrogens with zero attached hydrogens (tertiary/aromatic N) is 1. The Hall–Kier alpha value is -2.73. The molecule has 1 aliphatic rings. The first-order valence-electron chi connectivity index (χ1n) is 9.32. The average molecular weight is 366 g/mol. The molecule has 142 valence electrons. The minimum Gasteiger partial charge on any atom is -0.352 e. The third-order valence-corrected chi connectivity index (χ3v) is 5.17. The van der Waals surface area contributed by atoms with Gasteiger partial charge in [0.25, 0.3) is 5.91 Å². The van der Waals surface area contributed by atoms with Crippen molar-refractivity contribution < 1.29 is 9.59 Å². The van der Waals surface area contributed by atoms with Gasteiger partial charge in [0.1, 0.15) is 0 Å². The Morgan fingerprint density at radius 1 is 1.22 bits per heavy atom. The summed E-state index contributed by atoms with van der Waals surface area (Å²) in [5.74, 6) is -0.318. The fourth-order valence-electron chi connectivity index (χ4n) is 3.51. The highest BCUT2D eigenvalue weighted by Gasteiger charge is 2.37. The number of anilines is 1. The predicted molar refractivity (Wildman–Crippen MR) is 105 cm³/mol. The standard InChI is InChI=1S/C21H26N4O2/c1-21(22)11-3-2-6-18(21)20(27)24-13-15-7-9-17(10-8-15)25-19(26)16-5-4-12-23-14-16/h4-5,7-10,12,14,18H,2-3,6,11,13,22H2,1H3,(H,24,27)(H,25,26). The number of hydrogen-bond acceptors (Lipinski definition) is 4. The largest absolute Gasteiger partial charge is 0.352 e. The van der Waals surface area contributed by atoms with Gasteiger partial charge in [0.2, 0.25) is 5.91 Å². The number of rotatable bonds is 5. The maximum absolute atomic E-state index is 12.5. The number of carbonyl (C=O) groups excluding carboxylic acids is 2. The maximum atomic E-state index is 12.5. The van der Waals surface area contributed by atoms with Crippen molar-refractivity contribution in [3.8, 4) is 0 Å². The van der Waals surface area contributed by atoms with Gasteiger partial charge in [-0.05, 0) is 49.6 Å². The van der Waals surface area contributed by atoms with Gasteiger partial charge >= 0.3 is 0 Å². The smallest absolute Gasteiger partial charge is 0.257 e. The van der Waals surface area contributed by atoms with Gasteiger partial charge in [-0.3, -0.25) is 14.6 Å². The van der Waals surface area contributed by atoms with E-state index in [1.54, 1.807) is 18.3 Å². The van der Waals surface area contributed by atoms with Crippen molar-refractivity contribution >= 4 is 17.5 Å². The lowest BCUT2D eigenvalue weighted by Gasteiger charge is -2.37. The van der Waals surface area contributed by atoms with Gasteiger partial charge in [0.05, 0.1) is 11.5 Å². The monoisotopic (exact) mass is 366 g/mol. The molecule has 2 atom stereocenters. The molecule has 1 aromatic carbocycles. The zero-order chi connectivity index (χ0) is 19.3. The normalized spacial score (nSPS) is 22.1. The molecule has 1 aromatic heterocycles. The molecule has 2 amide bonds. The topological polar surface area (TPSA) is 97.1 Å². The molecule has 1 saturated carbocycles. The molecule has 1 fully saturated rings. The molecule has 0 bridgehead atoms. The lowest BCUT2D eigenvalue weighted by atomic mass is 9.74. The van der Waals surface area contributed by atoms with Crippen LogP contribution in [0.4, 0.5) is 5.69 Å². The lowest BCUT2D eigenvalue weighted by Crippen LogP contribution is -2.52. The fraction of sp³-hybridized carbons (Fsp3) is 0.381. The van der Waals surface area contributed by atoms with Crippen molar-refractivity contribution in [3.63, 3.8) is 0 Å². The Bertz CT molecular complexity index is 788. The van der Waals surface area contributed by atoms with Crippen LogP contribution >= 0.6 is 0 Å². The van der Waals surface area contributed by atoms with E-state index in [9.17, 15) is 9.59 Å². The number of nitrogens with one attached hydrogen (secondary N) is 2. The molecule has 2 aromatic rings. The molecule has 0 saturated heterocycles. The molecule has 1 heterocycles. The highest BCUT2D eigenvalue weighted by atomic mass is 16.2. The van der Waals surface area contributed by atoms with Crippen molar-refractivity contribution in [3.05, 3.63) is 59.9 Å². The van der Waals surface area contributed by atoms with E-state index in [0.29, 0.717) is 17.8 Å². The molecule has 0 aliphatic heterocycles. The second-order valence-corrected chi connectivity index (χ2v) is 7.41. The number of hydrogen-bond donors (Lipinski definition) is 3. The zero-order valence-corrected chi connectivity index (χ0v) is 15.6. The van der Waals surface area contributed by atoms with Crippen molar-refractivity contribution in [1.29, 1.82) is 0 Å². The van der Waals surface area contributed by atoms with E-state index in [1.165, 1.54) is 6.20 Å². The van der Waals surface area contributed by atoms with Crippen LogP contribution in [0, 0.1) is 5.92 Å². The van der Waals surface area contributed by atoms with E-state index in [2.05, 4.69) is 15.6 Å². The number of aromatic nitrogens is 1. The Kier molecular flexibility index (Phi) is 5.86. The van der Waals surface area contributed by atoms with Crippen molar-refractivity contribution in [1.82, 2.24) is 10.3 Å². The second kappa shape index (κ2) is 8.31. The molecule has 0 spiro atoms. The molecular weight excluding hydrogens is 340 g/mol. The van der Waals surface area contributed by atoms with Gasteiger partial charge in [-0.1, -0.05) is 25.0 Å². The van der Waals surface area contributed by atoms with Crippen LogP contribution in [0.2, 0.25) is 0 Å². The van der Waals surface area contributed by atoms with Crippen LogP contribution in [0.25, 0.3) is 0 Å². The molecule has 6 heteroatoms. The van der Waals surface area contributed by atoms with Crippen LogP contribution in [0.15, 0.2) is 48.8 Å². The number of nitrogens with two attached hydrogens (primary N) is 1. The quantitative estimate of drug-likeness (QED) is 0.758. The van der Waals surface area contributed by atoms with Gasteiger partial charge in [0, 0.05) is 30.2 Å². The molecule has 4 N–H and O–H groups in total. The summed E-state index contributed by atoms with van der Waals surface area (Å²) in [4.78, 5) is 28.6. The SMILES string of the molecule is CC1(N)CCCCC1C(=O)NCc1ccc(NC(=O)c2cccnc2)cc1. The van der Waals surface area contributed by atoms with Crippen LogP contribution in [0.1, 0.15) is 48.5 Å². The molecule has 6 nitrogen and oxygen atoms in total. The Labute approximate surface area is 159 Å². The van der Waals surface area contributed by atoms with Crippen LogP contribution < -0.4 is 16.4 Å². The van der Waals surface area contributed by atoms with Crippen LogP contribution in [0.5, 0.6) is 0 Å². The molecule has 2 unspecified atom stereocenters. The van der Waals surface area contributed by atoms with Crippen molar-refractivity contribution in [2.24, 2.45) is 11.7 Å². The average Bonchev–Trinajstić information content (AvgIpc) is 2.67. The molecule has 1 aliphatic carbocycles. The number of carbonyl (C=O) groups is 2. The molecular formula is C21H26N4O2. The number of pyridine rings is 1. The van der Waals surface area contributed by atoms with Crippen LogP contribution in [0.3, 0.4) is 0 Å². The minimum atomic E-state index is -0.428. The highest BCUT2D eigenvalue weighted by molar-refractivity contribution is 6.04. The van der Waals surface area contributed by atoms with E-state index in [4.69, 9.17) is 5.73 Å². The third-order valence-electron chi connectivity index (χ3n) is 5.17. The van der Waals surface area contributed by atoms with Crippen LogP contribution in [-0.4, -0.2) is 22.3 Å². The molecule has 27 heavy (non-hydrogen) atoms. The van der Waals surface area contributed by atoms with Crippen molar-refractivity contribution in [2.75, 3.05) is 5.32 Å². The second-order valence-electron chi connectivity index (χ2n) is 7.41. The lowest BCUT2D eigenvalue weighted by molar-refractivity contribution is -0.128. The van der Waals surface area contributed by atoms with E-state index in [-0.39, 0.29) is 17.7 Å². The van der Waals surface area contributed by atoms with Crippen molar-refractivity contribution in [2.45, 2.75) is 44.7 Å². The minimum absolute atomic E-state index is 0.0219. The van der Waals surface area contributed by atoms with E-state index in [0.717, 1.165) is 31.2 Å². The van der Waals surface area contributed by atoms with E-state index in [1.807, 2.05) is 31.2 Å². The summed E-state index contributed by atoms with van der Waals surface area (Å²) in [7, 11) is 0. The Morgan fingerprint density at radius 2 is 2.00 bits per heavy atom. The summed E-state index contributed by atoms with van der Waals surface area (Å²) in [6.45, 7) is 2.42. The first kappa shape index (κ1) is 19.0. The maximum Gasteiger partial charge on any atom is 0.257 e. The summed E-state index contributed by atoms with van der Waals surface area (Å²) in [6.07, 6.45) is 7.02. The number of amides is 2. The van der Waals surface area contributed by atoms with Gasteiger partial charge in [-0.15, -0.1) is 0 Å². The predicted octanol–water partition coefficient (Wildman–Crippen LogP) is 2.86. The van der Waals surface area contributed by atoms with Gasteiger partial charge in [-0.25, -0.2) is 0 Å². The van der Waals surface area contributed by atoms with E-state index >= 15 is 0 Å². The summed E-state index contributed by atoms with van der Waals surface area (Å²) < 4.78 is 0. The summed E-state index contributed by atoms with van der Waals surface area (Å²) in [5.41, 5.74) is 8.04. The Morgan fingerprint density at radius 3 is 2.67 bits per heavy atom. The zero-order valence-electron chi connectivity index (χ0n) is 15.6. The van der Waals surface area contributed by atoms with E-state index < -0.39 is 5.54 Å². The molecule has 0 radical (unpaired) electrons. The summed E-state index contributed by atoms with van der Waals surface area (Å²) >= 11 is 0. The fourth-order valence-corrected chi connectivity index (χ4v) is 3.51. The first-order valence-corrected chi connectivity index (χ1v) is 9.32. The number of benzene rings is 1. The summed E-state index contributed by atoms with van der Waals surface area (Å²) in [5, 5.41) is 5.83.